The van der Waals surface area contributed by atoms with Crippen molar-refractivity contribution in [3.8, 4) is 0 Å². The molecule has 4 N–H and O–H groups in total. The third-order valence-corrected chi connectivity index (χ3v) is 5.79. The van der Waals surface area contributed by atoms with Crippen molar-refractivity contribution in [2.75, 3.05) is 52.1 Å². The number of carbonyl (C=O) groups excluding carboxylic acids is 2. The first-order chi connectivity index (χ1) is 14.7. The lowest BCUT2D eigenvalue weighted by atomic mass is 9.88. The van der Waals surface area contributed by atoms with Crippen LogP contribution in [0.1, 0.15) is 33.6 Å². The van der Waals surface area contributed by atoms with Gasteiger partial charge in [-0.3, -0.25) is 14.5 Å². The molecule has 2 aliphatic rings. The highest BCUT2D eigenvalue weighted by molar-refractivity contribution is 7.85. The van der Waals surface area contributed by atoms with Crippen LogP contribution in [0.4, 0.5) is 4.79 Å². The van der Waals surface area contributed by atoms with Gasteiger partial charge in [0, 0.05) is 32.7 Å². The van der Waals surface area contributed by atoms with Gasteiger partial charge < -0.3 is 25.4 Å². The number of amides is 1. The molecule has 2 atom stereocenters. The molecule has 0 bridgehead atoms. The summed E-state index contributed by atoms with van der Waals surface area (Å²) in [6, 6.07) is 0. The van der Waals surface area contributed by atoms with Gasteiger partial charge in [0.1, 0.15) is 24.1 Å². The summed E-state index contributed by atoms with van der Waals surface area (Å²) in [6.45, 7) is 7.78. The van der Waals surface area contributed by atoms with Crippen molar-refractivity contribution in [2.24, 2.45) is 5.73 Å². The van der Waals surface area contributed by atoms with Crippen molar-refractivity contribution in [2.45, 2.75) is 50.9 Å². The number of rotatable bonds is 10. The summed E-state index contributed by atoms with van der Waals surface area (Å²) in [5.74, 6) is -0.875. The molecule has 1 amide bonds. The number of nitrogens with zero attached hydrogens (tertiary/aromatic N) is 2. The molecule has 2 rings (SSSR count). The molecule has 2 heterocycles. The number of hydrogen-bond donors (Lipinski definition) is 3. The molecule has 32 heavy (non-hydrogen) atoms. The van der Waals surface area contributed by atoms with Crippen LogP contribution < -0.4 is 11.1 Å². The van der Waals surface area contributed by atoms with Crippen LogP contribution in [0.5, 0.6) is 0 Å². The van der Waals surface area contributed by atoms with Crippen molar-refractivity contribution in [3.05, 3.63) is 0 Å². The Balaban J connectivity index is 2.08. The summed E-state index contributed by atoms with van der Waals surface area (Å²) in [7, 11) is -3.64. The molecule has 0 spiro atoms. The SMILES string of the molecule is CC(C)(C)OC(=O)C(CCCN1CC(COS(C)(=O)=O)OC1=O)(C(=N)N)N1CCNCC1. The number of piperazine rings is 1. The van der Waals surface area contributed by atoms with Gasteiger partial charge in [0.25, 0.3) is 10.1 Å². The van der Waals surface area contributed by atoms with Crippen LogP contribution in [-0.2, 0) is 28.6 Å². The highest BCUT2D eigenvalue weighted by Gasteiger charge is 2.50. The fourth-order valence-corrected chi connectivity index (χ4v) is 4.18. The van der Waals surface area contributed by atoms with E-state index in [1.54, 1.807) is 20.8 Å². The van der Waals surface area contributed by atoms with Gasteiger partial charge in [0.15, 0.2) is 5.54 Å². The van der Waals surface area contributed by atoms with E-state index >= 15 is 0 Å². The van der Waals surface area contributed by atoms with Crippen LogP contribution in [0.25, 0.3) is 0 Å². The van der Waals surface area contributed by atoms with E-state index in [9.17, 15) is 18.0 Å². The quantitative estimate of drug-likeness (QED) is 0.161. The fourth-order valence-electron chi connectivity index (χ4n) is 3.78. The van der Waals surface area contributed by atoms with E-state index in [0.29, 0.717) is 32.6 Å². The van der Waals surface area contributed by atoms with Crippen molar-refractivity contribution in [3.63, 3.8) is 0 Å². The highest BCUT2D eigenvalue weighted by Crippen LogP contribution is 2.28. The Bertz CT molecular complexity index is 807. The number of nitrogens with one attached hydrogen (secondary N) is 2. The number of hydrogen-bond acceptors (Lipinski definition) is 10. The third kappa shape index (κ3) is 7.02. The Morgan fingerprint density at radius 3 is 2.47 bits per heavy atom. The molecule has 0 aromatic rings. The van der Waals surface area contributed by atoms with E-state index in [0.717, 1.165) is 6.26 Å². The van der Waals surface area contributed by atoms with E-state index in [1.807, 2.05) is 4.90 Å². The zero-order valence-electron chi connectivity index (χ0n) is 19.2. The van der Waals surface area contributed by atoms with E-state index in [1.165, 1.54) is 4.90 Å². The minimum Gasteiger partial charge on any atom is -0.458 e. The summed E-state index contributed by atoms with van der Waals surface area (Å²) in [5.41, 5.74) is 3.80. The van der Waals surface area contributed by atoms with Gasteiger partial charge in [-0.2, -0.15) is 8.42 Å². The topological polar surface area (TPSA) is 164 Å². The minimum atomic E-state index is -3.64. The Hall–Kier alpha value is -1.96. The molecule has 0 aromatic heterocycles. The summed E-state index contributed by atoms with van der Waals surface area (Å²) in [6.07, 6.45) is 0.187. The molecule has 13 heteroatoms. The molecule has 0 saturated carbocycles. The third-order valence-electron chi connectivity index (χ3n) is 5.22. The zero-order chi connectivity index (χ0) is 24.2. The molecule has 0 aromatic carbocycles. The molecule has 2 aliphatic heterocycles. The number of cyclic esters (lactones) is 1. The average Bonchev–Trinajstić information content (AvgIpc) is 3.02. The van der Waals surface area contributed by atoms with Crippen LogP contribution in [0.2, 0.25) is 0 Å². The Morgan fingerprint density at radius 1 is 1.31 bits per heavy atom. The maximum absolute atomic E-state index is 13.3. The van der Waals surface area contributed by atoms with Crippen LogP contribution in [0, 0.1) is 5.41 Å². The molecular formula is C19H35N5O7S. The van der Waals surface area contributed by atoms with Gasteiger partial charge in [0.05, 0.1) is 12.8 Å². The van der Waals surface area contributed by atoms with Gasteiger partial charge >= 0.3 is 12.1 Å². The molecule has 2 saturated heterocycles. The number of carbonyl (C=O) groups is 2. The Kier molecular flexibility index (Phi) is 8.48. The lowest BCUT2D eigenvalue weighted by molar-refractivity contribution is -0.166. The number of esters is 1. The number of nitrogens with two attached hydrogens (primary N) is 1. The van der Waals surface area contributed by atoms with Crippen LogP contribution in [0.3, 0.4) is 0 Å². The van der Waals surface area contributed by atoms with E-state index in [2.05, 4.69) is 5.32 Å². The molecule has 2 unspecified atom stereocenters. The van der Waals surface area contributed by atoms with Gasteiger partial charge in [0.2, 0.25) is 0 Å². The second-order valence-electron chi connectivity index (χ2n) is 9.06. The smallest absolute Gasteiger partial charge is 0.410 e. The molecule has 0 aliphatic carbocycles. The fraction of sp³-hybridized carbons (Fsp3) is 0.842. The largest absolute Gasteiger partial charge is 0.458 e. The highest BCUT2D eigenvalue weighted by atomic mass is 32.2. The monoisotopic (exact) mass is 477 g/mol. The normalized spacial score (nSPS) is 22.3. The molecule has 0 radical (unpaired) electrons. The standard InChI is InChI=1S/C19H35N5O7S/c1-18(2,3)31-16(25)19(15(20)21,24-10-7-22-8-11-24)6-5-9-23-12-14(30-17(23)26)13-29-32(4,27)28/h14,22H,5-13H2,1-4H3,(H3,20,21). The predicted octanol–water partition coefficient (Wildman–Crippen LogP) is -0.515. The maximum Gasteiger partial charge on any atom is 0.410 e. The number of amidine groups is 1. The van der Waals surface area contributed by atoms with Crippen LogP contribution in [-0.4, -0.2) is 105 Å². The van der Waals surface area contributed by atoms with Crippen LogP contribution in [0.15, 0.2) is 0 Å². The van der Waals surface area contributed by atoms with Crippen molar-refractivity contribution >= 4 is 28.0 Å². The predicted molar refractivity (Wildman–Crippen MR) is 117 cm³/mol. The van der Waals surface area contributed by atoms with Crippen molar-refractivity contribution in [1.29, 1.82) is 5.41 Å². The van der Waals surface area contributed by atoms with E-state index in [-0.39, 0.29) is 32.0 Å². The van der Waals surface area contributed by atoms with E-state index < -0.39 is 39.4 Å². The number of ether oxygens (including phenoxy) is 2. The zero-order valence-corrected chi connectivity index (χ0v) is 20.0. The molecular weight excluding hydrogens is 442 g/mol. The summed E-state index contributed by atoms with van der Waals surface area (Å²) in [4.78, 5) is 28.7. The van der Waals surface area contributed by atoms with Gasteiger partial charge in [-0.05, 0) is 33.6 Å². The minimum absolute atomic E-state index is 0.168. The molecule has 12 nitrogen and oxygen atoms in total. The van der Waals surface area contributed by atoms with E-state index in [4.69, 9.17) is 24.8 Å². The summed E-state index contributed by atoms with van der Waals surface area (Å²) >= 11 is 0. The average molecular weight is 478 g/mol. The van der Waals surface area contributed by atoms with Crippen LogP contribution >= 0.6 is 0 Å². The van der Waals surface area contributed by atoms with Crippen molar-refractivity contribution < 1.29 is 31.7 Å². The Morgan fingerprint density at radius 2 is 1.94 bits per heavy atom. The molecule has 184 valence electrons. The second kappa shape index (κ2) is 10.3. The summed E-state index contributed by atoms with van der Waals surface area (Å²) < 4.78 is 37.8. The Labute approximate surface area is 189 Å². The first kappa shape index (κ1) is 26.3. The van der Waals surface area contributed by atoms with Gasteiger partial charge in [-0.15, -0.1) is 0 Å². The molecule has 2 fully saturated rings. The maximum atomic E-state index is 13.3. The second-order valence-corrected chi connectivity index (χ2v) is 10.7. The first-order valence-electron chi connectivity index (χ1n) is 10.6. The van der Waals surface area contributed by atoms with Crippen molar-refractivity contribution in [1.82, 2.24) is 15.1 Å². The lowest BCUT2D eigenvalue weighted by Gasteiger charge is -2.44. The van der Waals surface area contributed by atoms with Gasteiger partial charge in [-0.1, -0.05) is 0 Å². The summed E-state index contributed by atoms with van der Waals surface area (Å²) in [5, 5.41) is 11.5. The van der Waals surface area contributed by atoms with Gasteiger partial charge in [-0.25, -0.2) is 9.59 Å². The first-order valence-corrected chi connectivity index (χ1v) is 12.4. The lowest BCUT2D eigenvalue weighted by Crippen LogP contribution is -2.67.